The highest BCUT2D eigenvalue weighted by atomic mass is 16.3. The highest BCUT2D eigenvalue weighted by molar-refractivity contribution is 5.75. The van der Waals surface area contributed by atoms with Gasteiger partial charge in [0.05, 0.1) is 11.8 Å². The van der Waals surface area contributed by atoms with E-state index < -0.39 is 0 Å². The average Bonchev–Trinajstić information content (AvgIpc) is 3.41. The number of β-amino-alcohol motifs (C(OH)–C–C–N with tert-alkyl or cyclic N) is 1. The summed E-state index contributed by atoms with van der Waals surface area (Å²) in [5.74, 6) is 0.725. The Morgan fingerprint density at radius 3 is 2.77 bits per heavy atom. The van der Waals surface area contributed by atoms with Gasteiger partial charge in [0.2, 0.25) is 0 Å². The zero-order valence-corrected chi connectivity index (χ0v) is 16.4. The lowest BCUT2D eigenvalue weighted by molar-refractivity contribution is 0.142. The predicted octanol–water partition coefficient (Wildman–Crippen LogP) is 3.89. The van der Waals surface area contributed by atoms with E-state index in [4.69, 9.17) is 4.98 Å². The van der Waals surface area contributed by atoms with E-state index in [9.17, 15) is 5.11 Å². The Balaban J connectivity index is 1.33. The van der Waals surface area contributed by atoms with E-state index in [0.717, 1.165) is 40.5 Å². The zero-order chi connectivity index (χ0) is 20.1. The van der Waals surface area contributed by atoms with Crippen LogP contribution in [0.5, 0.6) is 0 Å². The van der Waals surface area contributed by atoms with Crippen LogP contribution in [0.4, 0.5) is 17.2 Å². The number of rotatable bonds is 4. The topological polar surface area (TPSA) is 65.7 Å². The minimum absolute atomic E-state index is 0.210. The fourth-order valence-corrected chi connectivity index (χ4v) is 4.13. The molecule has 0 bridgehead atoms. The molecule has 30 heavy (non-hydrogen) atoms. The molecule has 1 aliphatic carbocycles. The van der Waals surface area contributed by atoms with Crippen LogP contribution in [0, 0.1) is 0 Å². The Morgan fingerprint density at radius 1 is 1.07 bits per heavy atom. The fourth-order valence-electron chi connectivity index (χ4n) is 4.13. The van der Waals surface area contributed by atoms with Gasteiger partial charge < -0.3 is 19.7 Å². The average molecular weight is 395 g/mol. The Kier molecular flexibility index (Phi) is 3.86. The third kappa shape index (κ3) is 2.93. The first-order valence-electron chi connectivity index (χ1n) is 10.2. The molecule has 6 rings (SSSR count). The van der Waals surface area contributed by atoms with Gasteiger partial charge in [-0.25, -0.2) is 9.97 Å². The maximum absolute atomic E-state index is 9.51. The van der Waals surface area contributed by atoms with Crippen molar-refractivity contribution in [3.8, 4) is 11.3 Å². The summed E-state index contributed by atoms with van der Waals surface area (Å²) in [5, 5.41) is 12.9. The Morgan fingerprint density at radius 2 is 1.93 bits per heavy atom. The van der Waals surface area contributed by atoms with Gasteiger partial charge in [-0.15, -0.1) is 0 Å². The number of hydrogen-bond donors (Lipinski definition) is 2. The van der Waals surface area contributed by atoms with Crippen LogP contribution in [-0.2, 0) is 6.42 Å². The molecular weight excluding hydrogens is 374 g/mol. The molecule has 2 N–H and O–H groups in total. The van der Waals surface area contributed by atoms with Crippen LogP contribution in [0.2, 0.25) is 0 Å². The lowest BCUT2D eigenvalue weighted by atomic mass is 10.0. The van der Waals surface area contributed by atoms with Crippen LogP contribution in [-0.4, -0.2) is 38.7 Å². The summed E-state index contributed by atoms with van der Waals surface area (Å²) in [6.07, 6.45) is 10.9. The molecule has 1 fully saturated rings. The van der Waals surface area contributed by atoms with Gasteiger partial charge in [0.15, 0.2) is 11.5 Å². The molecule has 1 aliphatic heterocycles. The number of imidazole rings is 1. The second-order valence-electron chi connectivity index (χ2n) is 7.88. The van der Waals surface area contributed by atoms with E-state index >= 15 is 0 Å². The molecule has 2 aromatic carbocycles. The van der Waals surface area contributed by atoms with Crippen LogP contribution in [0.25, 0.3) is 23.0 Å². The molecule has 0 atom stereocenters. The third-order valence-corrected chi connectivity index (χ3v) is 5.81. The summed E-state index contributed by atoms with van der Waals surface area (Å²) < 4.78 is 2.01. The van der Waals surface area contributed by atoms with Gasteiger partial charge in [-0.3, -0.25) is 0 Å². The number of benzene rings is 2. The van der Waals surface area contributed by atoms with E-state index in [1.54, 1.807) is 6.20 Å². The van der Waals surface area contributed by atoms with Gasteiger partial charge in [0, 0.05) is 48.6 Å². The minimum atomic E-state index is -0.210. The van der Waals surface area contributed by atoms with E-state index in [2.05, 4.69) is 57.7 Å². The number of anilines is 3. The summed E-state index contributed by atoms with van der Waals surface area (Å²) in [6, 6.07) is 14.7. The molecule has 0 radical (unpaired) electrons. The standard InChI is InChI=1S/C24H21N5O/c30-21-13-29(14-21)20-8-6-19(7-9-20)26-23-24-25-10-11-28(24)15-22(27-23)18-5-4-16-2-1-3-17(16)12-18/h1-2,4-12,15,21,30H,3,13-14H2,(H,26,27). The summed E-state index contributed by atoms with van der Waals surface area (Å²) >= 11 is 0. The minimum Gasteiger partial charge on any atom is -0.389 e. The van der Waals surface area contributed by atoms with Gasteiger partial charge in [-0.2, -0.15) is 0 Å². The van der Waals surface area contributed by atoms with Gasteiger partial charge >= 0.3 is 0 Å². The first-order valence-corrected chi connectivity index (χ1v) is 10.2. The molecule has 148 valence electrons. The molecule has 6 heteroatoms. The maximum atomic E-state index is 9.51. The Bertz CT molecular complexity index is 1270. The first kappa shape index (κ1) is 17.2. The molecule has 6 nitrogen and oxygen atoms in total. The molecule has 1 saturated heterocycles. The molecule has 4 aromatic rings. The van der Waals surface area contributed by atoms with Gasteiger partial charge in [0.25, 0.3) is 0 Å². The number of nitrogens with zero attached hydrogens (tertiary/aromatic N) is 4. The van der Waals surface area contributed by atoms with Crippen LogP contribution in [0.15, 0.2) is 67.1 Å². The second kappa shape index (κ2) is 6.71. The highest BCUT2D eigenvalue weighted by Gasteiger charge is 2.24. The second-order valence-corrected chi connectivity index (χ2v) is 7.88. The van der Waals surface area contributed by atoms with Gasteiger partial charge in [0.1, 0.15) is 0 Å². The summed E-state index contributed by atoms with van der Waals surface area (Å²) in [6.45, 7) is 1.39. The Hall–Kier alpha value is -3.64. The number of aliphatic hydroxyl groups excluding tert-OH is 1. The predicted molar refractivity (Wildman–Crippen MR) is 119 cm³/mol. The number of fused-ring (bicyclic) bond motifs is 2. The molecule has 0 spiro atoms. The number of allylic oxidation sites excluding steroid dienone is 1. The van der Waals surface area contributed by atoms with Crippen molar-refractivity contribution in [1.29, 1.82) is 0 Å². The molecule has 0 amide bonds. The van der Waals surface area contributed by atoms with E-state index in [1.807, 2.05) is 28.9 Å². The maximum Gasteiger partial charge on any atom is 0.180 e. The number of nitrogens with one attached hydrogen (secondary N) is 1. The number of aromatic nitrogens is 3. The fraction of sp³-hybridized carbons (Fsp3) is 0.167. The summed E-state index contributed by atoms with van der Waals surface area (Å²) in [5.41, 5.74) is 7.48. The van der Waals surface area contributed by atoms with Crippen molar-refractivity contribution in [2.45, 2.75) is 12.5 Å². The van der Waals surface area contributed by atoms with Crippen LogP contribution in [0.1, 0.15) is 11.1 Å². The van der Waals surface area contributed by atoms with Gasteiger partial charge in [-0.1, -0.05) is 24.3 Å². The normalized spacial score (nSPS) is 15.4. The highest BCUT2D eigenvalue weighted by Crippen LogP contribution is 2.29. The lowest BCUT2D eigenvalue weighted by Gasteiger charge is -2.37. The third-order valence-electron chi connectivity index (χ3n) is 5.81. The van der Waals surface area contributed by atoms with Crippen molar-refractivity contribution in [2.75, 3.05) is 23.3 Å². The van der Waals surface area contributed by atoms with E-state index in [-0.39, 0.29) is 6.10 Å². The van der Waals surface area contributed by atoms with Crippen molar-refractivity contribution in [3.63, 3.8) is 0 Å². The van der Waals surface area contributed by atoms with Crippen molar-refractivity contribution in [1.82, 2.24) is 14.4 Å². The molecule has 2 aliphatic rings. The van der Waals surface area contributed by atoms with Crippen molar-refractivity contribution in [3.05, 3.63) is 78.3 Å². The molecule has 2 aromatic heterocycles. The smallest absolute Gasteiger partial charge is 0.180 e. The van der Waals surface area contributed by atoms with Crippen LogP contribution >= 0.6 is 0 Å². The van der Waals surface area contributed by atoms with E-state index in [0.29, 0.717) is 13.1 Å². The number of hydrogen-bond acceptors (Lipinski definition) is 5. The summed E-state index contributed by atoms with van der Waals surface area (Å²) in [7, 11) is 0. The van der Waals surface area contributed by atoms with Crippen molar-refractivity contribution >= 4 is 28.9 Å². The number of aliphatic hydroxyl groups is 1. The van der Waals surface area contributed by atoms with Crippen LogP contribution in [0.3, 0.4) is 0 Å². The molecule has 0 unspecified atom stereocenters. The molecule has 0 saturated carbocycles. The molecule has 3 heterocycles. The Labute approximate surface area is 174 Å². The van der Waals surface area contributed by atoms with Gasteiger partial charge in [-0.05, 0) is 47.9 Å². The lowest BCUT2D eigenvalue weighted by Crippen LogP contribution is -2.50. The van der Waals surface area contributed by atoms with Crippen molar-refractivity contribution in [2.24, 2.45) is 0 Å². The van der Waals surface area contributed by atoms with Crippen molar-refractivity contribution < 1.29 is 5.11 Å². The first-order chi connectivity index (χ1) is 14.7. The quantitative estimate of drug-likeness (QED) is 0.549. The summed E-state index contributed by atoms with van der Waals surface area (Å²) in [4.78, 5) is 11.5. The molecular formula is C24H21N5O. The monoisotopic (exact) mass is 395 g/mol. The van der Waals surface area contributed by atoms with Crippen LogP contribution < -0.4 is 10.2 Å². The zero-order valence-electron chi connectivity index (χ0n) is 16.4. The largest absolute Gasteiger partial charge is 0.389 e. The van der Waals surface area contributed by atoms with E-state index in [1.165, 1.54) is 11.1 Å². The SMILES string of the molecule is OC1CN(c2ccc(Nc3nc(-c4ccc5c(c4)CC=C5)cn4ccnc34)cc2)C1.